The van der Waals surface area contributed by atoms with Crippen molar-refractivity contribution in [3.63, 3.8) is 0 Å². The van der Waals surface area contributed by atoms with Crippen LogP contribution in [0.25, 0.3) is 0 Å². The van der Waals surface area contributed by atoms with Crippen LogP contribution in [0.15, 0.2) is 30.4 Å². The third-order valence-corrected chi connectivity index (χ3v) is 7.43. The van der Waals surface area contributed by atoms with E-state index in [-0.39, 0.29) is 37.4 Å². The third kappa shape index (κ3) is 5.46. The average Bonchev–Trinajstić information content (AvgIpc) is 3.39. The van der Waals surface area contributed by atoms with E-state index in [1.807, 2.05) is 18.2 Å². The van der Waals surface area contributed by atoms with Crippen molar-refractivity contribution in [1.29, 1.82) is 0 Å². The van der Waals surface area contributed by atoms with Gasteiger partial charge >= 0.3 is 5.97 Å². The molecule has 8 nitrogen and oxygen atoms in total. The van der Waals surface area contributed by atoms with Crippen molar-refractivity contribution in [2.45, 2.75) is 57.1 Å². The Hall–Kier alpha value is -1.98. The maximum atomic E-state index is 13.5. The summed E-state index contributed by atoms with van der Waals surface area (Å²) in [7, 11) is 1.35. The van der Waals surface area contributed by atoms with Crippen molar-refractivity contribution in [2.75, 3.05) is 31.7 Å². The fourth-order valence-electron chi connectivity index (χ4n) is 4.77. The van der Waals surface area contributed by atoms with Crippen molar-refractivity contribution in [3.05, 3.63) is 39.5 Å². The summed E-state index contributed by atoms with van der Waals surface area (Å²) in [6.45, 7) is 2.77. The minimum Gasteiger partial charge on any atom is -0.469 e. The topological polar surface area (TPSA) is 107 Å². The Morgan fingerprint density at radius 2 is 2.12 bits per heavy atom. The van der Waals surface area contributed by atoms with Crippen LogP contribution in [0.2, 0.25) is 0 Å². The number of benzene rings is 1. The number of esters is 1. The molecule has 0 unspecified atom stereocenters. The Morgan fingerprint density at radius 1 is 1.35 bits per heavy atom. The first-order valence-electron chi connectivity index (χ1n) is 11.7. The average molecular weight is 584 g/mol. The van der Waals surface area contributed by atoms with Gasteiger partial charge in [0, 0.05) is 41.0 Å². The predicted molar refractivity (Wildman–Crippen MR) is 136 cm³/mol. The van der Waals surface area contributed by atoms with E-state index in [2.05, 4.69) is 27.3 Å². The molecule has 0 aliphatic carbocycles. The third-order valence-electron chi connectivity index (χ3n) is 6.76. The highest BCUT2D eigenvalue weighted by Crippen LogP contribution is 2.45. The monoisotopic (exact) mass is 584 g/mol. The molecule has 1 aromatic rings. The van der Waals surface area contributed by atoms with Gasteiger partial charge in [-0.15, -0.1) is 0 Å². The van der Waals surface area contributed by atoms with Gasteiger partial charge in [-0.1, -0.05) is 19.1 Å². The number of nitrogens with zero attached hydrogens (tertiary/aromatic N) is 2. The van der Waals surface area contributed by atoms with Gasteiger partial charge < -0.3 is 24.7 Å². The number of hydrogen-bond acceptors (Lipinski definition) is 6. The molecule has 2 aliphatic rings. The molecule has 34 heavy (non-hydrogen) atoms. The lowest BCUT2D eigenvalue weighted by Gasteiger charge is -2.28. The highest BCUT2D eigenvalue weighted by Gasteiger charge is 2.52. The van der Waals surface area contributed by atoms with Crippen molar-refractivity contribution in [1.82, 2.24) is 4.90 Å². The second kappa shape index (κ2) is 11.6. The van der Waals surface area contributed by atoms with Gasteiger partial charge in [0.2, 0.25) is 5.91 Å². The highest BCUT2D eigenvalue weighted by atomic mass is 127. The van der Waals surface area contributed by atoms with E-state index in [9.17, 15) is 24.6 Å². The van der Waals surface area contributed by atoms with Crippen molar-refractivity contribution in [3.8, 4) is 0 Å². The number of aliphatic hydroxyl groups is 2. The zero-order valence-corrected chi connectivity index (χ0v) is 21.9. The summed E-state index contributed by atoms with van der Waals surface area (Å²) in [6, 6.07) is 5.44. The first kappa shape index (κ1) is 26.6. The molecule has 3 rings (SSSR count). The van der Waals surface area contributed by atoms with Gasteiger partial charge in [0.25, 0.3) is 5.91 Å². The number of amides is 2. The second-order valence-corrected chi connectivity index (χ2v) is 10.2. The molecule has 1 saturated heterocycles. The van der Waals surface area contributed by atoms with Crippen LogP contribution in [0.1, 0.15) is 51.0 Å². The largest absolute Gasteiger partial charge is 0.469 e. The van der Waals surface area contributed by atoms with Crippen molar-refractivity contribution >= 4 is 46.1 Å². The molecule has 1 aromatic carbocycles. The summed E-state index contributed by atoms with van der Waals surface area (Å²) >= 11 is 2.16. The molecule has 186 valence electrons. The maximum Gasteiger partial charge on any atom is 0.305 e. The molecule has 0 saturated carbocycles. The molecule has 2 amide bonds. The molecule has 1 fully saturated rings. The molecule has 0 radical (unpaired) electrons. The van der Waals surface area contributed by atoms with E-state index in [1.54, 1.807) is 28.9 Å². The van der Waals surface area contributed by atoms with Gasteiger partial charge in [-0.05, 0) is 66.5 Å². The Morgan fingerprint density at radius 3 is 2.82 bits per heavy atom. The van der Waals surface area contributed by atoms with E-state index in [1.165, 1.54) is 7.11 Å². The van der Waals surface area contributed by atoms with Gasteiger partial charge in [-0.3, -0.25) is 14.4 Å². The number of carbonyl (C=O) groups excluding carboxylic acids is 3. The van der Waals surface area contributed by atoms with Crippen LogP contribution in [0.3, 0.4) is 0 Å². The van der Waals surface area contributed by atoms with Crippen LogP contribution < -0.4 is 4.90 Å². The Balaban J connectivity index is 1.72. The van der Waals surface area contributed by atoms with E-state index < -0.39 is 17.4 Å². The Labute approximate surface area is 214 Å². The standard InChI is InChI=1S/C25H33IN2O6/c1-17(7-5-9-22(30)27-14-6-8-19(27)16-29)25(33)20-15-18(26)11-12-21(20)28(24(25)32)13-4-3-10-23(31)34-2/h5,7,11-12,15,17,19,29,33H,3-4,6,8-10,13-14,16H2,1-2H3/b7-5+/t17-,19-,25+/m0/s1. The zero-order valence-electron chi connectivity index (χ0n) is 19.7. The smallest absolute Gasteiger partial charge is 0.305 e. The van der Waals surface area contributed by atoms with Crippen LogP contribution in [-0.2, 0) is 24.7 Å². The number of rotatable bonds is 10. The van der Waals surface area contributed by atoms with Gasteiger partial charge in [0.05, 0.1) is 25.4 Å². The number of unbranched alkanes of at least 4 members (excludes halogenated alkanes) is 1. The van der Waals surface area contributed by atoms with E-state index >= 15 is 0 Å². The van der Waals surface area contributed by atoms with E-state index in [4.69, 9.17) is 0 Å². The van der Waals surface area contributed by atoms with Gasteiger partial charge in [0.15, 0.2) is 5.60 Å². The lowest BCUT2D eigenvalue weighted by molar-refractivity contribution is -0.140. The summed E-state index contributed by atoms with van der Waals surface area (Å²) < 4.78 is 5.58. The molecule has 3 atom stereocenters. The Kier molecular flexibility index (Phi) is 9.11. The van der Waals surface area contributed by atoms with Gasteiger partial charge in [0.1, 0.15) is 0 Å². The molecule has 9 heteroatoms. The summed E-state index contributed by atoms with van der Waals surface area (Å²) in [6.07, 6.45) is 6.74. The molecule has 0 aromatic heterocycles. The SMILES string of the molecule is COC(=O)CCCCN1C(=O)[C@@](O)([C@@H](C)/C=C/CC(=O)N2CCC[C@H]2CO)c2cc(I)ccc21. The van der Waals surface area contributed by atoms with E-state index in [0.29, 0.717) is 37.2 Å². The number of likely N-dealkylation sites (tertiary alicyclic amines) is 1. The molecular weight excluding hydrogens is 551 g/mol. The first-order chi connectivity index (χ1) is 16.2. The molecule has 0 spiro atoms. The fraction of sp³-hybridized carbons (Fsp3) is 0.560. The number of methoxy groups -OCH3 is 1. The normalized spacial score (nSPS) is 23.0. The number of fused-ring (bicyclic) bond motifs is 1. The van der Waals surface area contributed by atoms with Crippen LogP contribution in [0.5, 0.6) is 0 Å². The highest BCUT2D eigenvalue weighted by molar-refractivity contribution is 14.1. The number of anilines is 1. The zero-order chi connectivity index (χ0) is 24.9. The van der Waals surface area contributed by atoms with Crippen LogP contribution in [0.4, 0.5) is 5.69 Å². The Bertz CT molecular complexity index is 951. The first-order valence-corrected chi connectivity index (χ1v) is 12.8. The maximum absolute atomic E-state index is 13.5. The van der Waals surface area contributed by atoms with Gasteiger partial charge in [-0.2, -0.15) is 0 Å². The van der Waals surface area contributed by atoms with Crippen molar-refractivity contribution in [2.24, 2.45) is 5.92 Å². The number of aliphatic hydroxyl groups excluding tert-OH is 1. The summed E-state index contributed by atoms with van der Waals surface area (Å²) in [5, 5.41) is 21.1. The van der Waals surface area contributed by atoms with Crippen LogP contribution in [0, 0.1) is 9.49 Å². The number of halogens is 1. The van der Waals surface area contributed by atoms with Gasteiger partial charge in [-0.25, -0.2) is 0 Å². The minimum absolute atomic E-state index is 0.0367. The molecule has 2 heterocycles. The number of carbonyl (C=O) groups is 3. The minimum atomic E-state index is -1.74. The summed E-state index contributed by atoms with van der Waals surface area (Å²) in [5.41, 5.74) is -0.509. The number of hydrogen-bond donors (Lipinski definition) is 2. The summed E-state index contributed by atoms with van der Waals surface area (Å²) in [4.78, 5) is 40.7. The number of ether oxygens (including phenoxy) is 1. The van der Waals surface area contributed by atoms with Crippen LogP contribution in [-0.4, -0.2) is 65.7 Å². The van der Waals surface area contributed by atoms with Crippen molar-refractivity contribution < 1.29 is 29.3 Å². The fourth-order valence-corrected chi connectivity index (χ4v) is 5.26. The van der Waals surface area contributed by atoms with E-state index in [0.717, 1.165) is 16.4 Å². The molecule has 0 bridgehead atoms. The van der Waals surface area contributed by atoms with Crippen LogP contribution >= 0.6 is 22.6 Å². The lowest BCUT2D eigenvalue weighted by Crippen LogP contribution is -2.44. The lowest BCUT2D eigenvalue weighted by atomic mass is 9.83. The quantitative estimate of drug-likeness (QED) is 0.190. The molecule has 2 N–H and O–H groups in total. The summed E-state index contributed by atoms with van der Waals surface area (Å²) in [5.74, 6) is -1.30. The molecule has 2 aliphatic heterocycles. The predicted octanol–water partition coefficient (Wildman–Crippen LogP) is 2.73. The molecular formula is C25H33IN2O6. The second-order valence-electron chi connectivity index (χ2n) is 8.90.